The molecule has 1 aliphatic heterocycles. The molecule has 0 spiro atoms. The van der Waals surface area contributed by atoms with Crippen LogP contribution >= 0.6 is 0 Å². The minimum absolute atomic E-state index is 0.0515. The van der Waals surface area contributed by atoms with Crippen molar-refractivity contribution in [3.8, 4) is 11.5 Å². The lowest BCUT2D eigenvalue weighted by Crippen LogP contribution is -2.41. The average molecular weight is 507 g/mol. The number of hydrogen-bond acceptors (Lipinski definition) is 6. The van der Waals surface area contributed by atoms with Gasteiger partial charge in [-0.15, -0.1) is 0 Å². The number of halogens is 1. The highest BCUT2D eigenvalue weighted by molar-refractivity contribution is 7.92. The monoisotopic (exact) mass is 506 g/mol. The normalized spacial score (nSPS) is 16.0. The van der Waals surface area contributed by atoms with Crippen molar-refractivity contribution in [1.82, 2.24) is 5.32 Å². The first-order valence-corrected chi connectivity index (χ1v) is 13.4. The van der Waals surface area contributed by atoms with Gasteiger partial charge in [0, 0.05) is 19.2 Å². The number of carbonyl (C=O) groups excluding carboxylic acids is 1. The zero-order valence-electron chi connectivity index (χ0n) is 19.6. The largest absolute Gasteiger partial charge is 0.486 e. The molecule has 1 N–H and O–H groups in total. The summed E-state index contributed by atoms with van der Waals surface area (Å²) in [5.41, 5.74) is 0.0515. The van der Waals surface area contributed by atoms with Crippen LogP contribution in [0.5, 0.6) is 11.5 Å². The van der Waals surface area contributed by atoms with Crippen LogP contribution in [-0.2, 0) is 19.6 Å². The van der Waals surface area contributed by atoms with Gasteiger partial charge >= 0.3 is 0 Å². The Labute approximate surface area is 205 Å². The molecule has 1 amide bonds. The lowest BCUT2D eigenvalue weighted by molar-refractivity contribution is -0.119. The predicted octanol–water partition coefficient (Wildman–Crippen LogP) is 3.65. The molecule has 10 heteroatoms. The number of fused-ring (bicyclic) bond motifs is 1. The highest BCUT2D eigenvalue weighted by Crippen LogP contribution is 2.34. The van der Waals surface area contributed by atoms with Gasteiger partial charge in [-0.3, -0.25) is 9.10 Å². The lowest BCUT2D eigenvalue weighted by atomic mass is 9.98. The van der Waals surface area contributed by atoms with Gasteiger partial charge in [-0.25, -0.2) is 12.8 Å². The van der Waals surface area contributed by atoms with Crippen molar-refractivity contribution in [2.24, 2.45) is 0 Å². The zero-order chi connectivity index (χ0) is 24.7. The van der Waals surface area contributed by atoms with Crippen molar-refractivity contribution in [1.29, 1.82) is 0 Å². The fraction of sp³-hybridized carbons (Fsp3) is 0.480. The van der Waals surface area contributed by atoms with Gasteiger partial charge in [0.1, 0.15) is 25.6 Å². The second-order valence-corrected chi connectivity index (χ2v) is 10.5. The van der Waals surface area contributed by atoms with Crippen LogP contribution in [0.15, 0.2) is 47.4 Å². The molecule has 0 saturated heterocycles. The van der Waals surface area contributed by atoms with E-state index in [9.17, 15) is 17.6 Å². The Morgan fingerprint density at radius 2 is 1.83 bits per heavy atom. The van der Waals surface area contributed by atoms with E-state index < -0.39 is 28.3 Å². The van der Waals surface area contributed by atoms with Crippen molar-refractivity contribution in [3.05, 3.63) is 48.3 Å². The Bertz CT molecular complexity index is 1120. The molecule has 35 heavy (non-hydrogen) atoms. The van der Waals surface area contributed by atoms with Gasteiger partial charge in [0.2, 0.25) is 5.91 Å². The molecular formula is C25H31FN2O6S. The number of nitrogens with one attached hydrogen (secondary N) is 1. The number of carbonyl (C=O) groups is 1. The van der Waals surface area contributed by atoms with E-state index >= 15 is 0 Å². The second kappa shape index (κ2) is 11.7. The summed E-state index contributed by atoms with van der Waals surface area (Å²) in [5.74, 6) is -0.349. The third-order valence-electron chi connectivity index (χ3n) is 6.03. The van der Waals surface area contributed by atoms with Gasteiger partial charge in [-0.1, -0.05) is 25.3 Å². The highest BCUT2D eigenvalue weighted by Gasteiger charge is 2.29. The molecule has 2 aliphatic rings. The molecular weight excluding hydrogens is 475 g/mol. The number of benzene rings is 2. The predicted molar refractivity (Wildman–Crippen MR) is 129 cm³/mol. The van der Waals surface area contributed by atoms with Gasteiger partial charge in [0.05, 0.1) is 16.7 Å². The summed E-state index contributed by atoms with van der Waals surface area (Å²) in [6.07, 6.45) is 6.70. The van der Waals surface area contributed by atoms with Crippen molar-refractivity contribution in [2.75, 3.05) is 37.2 Å². The molecule has 4 rings (SSSR count). The maximum absolute atomic E-state index is 13.9. The topological polar surface area (TPSA) is 94.2 Å². The number of anilines is 1. The molecule has 2 aromatic rings. The zero-order valence-corrected chi connectivity index (χ0v) is 20.4. The van der Waals surface area contributed by atoms with Gasteiger partial charge in [-0.2, -0.15) is 0 Å². The maximum atomic E-state index is 13.9. The number of nitrogens with zero attached hydrogens (tertiary/aromatic N) is 1. The number of ether oxygens (including phenoxy) is 3. The summed E-state index contributed by atoms with van der Waals surface area (Å²) < 4.78 is 58.7. The molecule has 1 aliphatic carbocycles. The third kappa shape index (κ3) is 6.64. The Balaban J connectivity index is 1.42. The van der Waals surface area contributed by atoms with Crippen molar-refractivity contribution >= 4 is 21.6 Å². The lowest BCUT2D eigenvalue weighted by Gasteiger charge is -2.25. The smallest absolute Gasteiger partial charge is 0.264 e. The minimum Gasteiger partial charge on any atom is -0.486 e. The molecule has 2 aromatic carbocycles. The fourth-order valence-corrected chi connectivity index (χ4v) is 5.65. The third-order valence-corrected chi connectivity index (χ3v) is 7.80. The first kappa shape index (κ1) is 25.2. The molecule has 1 fully saturated rings. The number of rotatable bonds is 10. The van der Waals surface area contributed by atoms with E-state index in [0.29, 0.717) is 50.4 Å². The molecule has 0 bridgehead atoms. The number of sulfonamides is 1. The van der Waals surface area contributed by atoms with E-state index in [0.717, 1.165) is 23.2 Å². The summed E-state index contributed by atoms with van der Waals surface area (Å²) in [7, 11) is -4.20. The number of amides is 1. The summed E-state index contributed by atoms with van der Waals surface area (Å²) >= 11 is 0. The van der Waals surface area contributed by atoms with E-state index in [2.05, 4.69) is 5.32 Å². The van der Waals surface area contributed by atoms with Crippen LogP contribution in [-0.4, -0.2) is 53.3 Å². The Kier molecular flexibility index (Phi) is 8.46. The molecule has 1 heterocycles. The SMILES string of the molecule is O=C(CN(c1cccc(F)c1)S(=O)(=O)c1ccc2c(c1)OCCO2)NCCCOC1CCCCC1. The Morgan fingerprint density at radius 3 is 2.60 bits per heavy atom. The molecule has 190 valence electrons. The quantitative estimate of drug-likeness (QED) is 0.495. The second-order valence-electron chi connectivity index (χ2n) is 8.63. The van der Waals surface area contributed by atoms with E-state index in [1.54, 1.807) is 0 Å². The summed E-state index contributed by atoms with van der Waals surface area (Å²) in [4.78, 5) is 12.6. The van der Waals surface area contributed by atoms with Crippen LogP contribution in [0.1, 0.15) is 38.5 Å². The Morgan fingerprint density at radius 1 is 1.06 bits per heavy atom. The Hall–Kier alpha value is -2.85. The molecule has 0 unspecified atom stereocenters. The van der Waals surface area contributed by atoms with Crippen LogP contribution in [0.4, 0.5) is 10.1 Å². The molecule has 8 nitrogen and oxygen atoms in total. The van der Waals surface area contributed by atoms with Crippen LogP contribution in [0.3, 0.4) is 0 Å². The maximum Gasteiger partial charge on any atom is 0.264 e. The van der Waals surface area contributed by atoms with E-state index in [1.807, 2.05) is 0 Å². The first-order chi connectivity index (χ1) is 16.9. The van der Waals surface area contributed by atoms with Crippen LogP contribution in [0, 0.1) is 5.82 Å². The first-order valence-electron chi connectivity index (χ1n) is 12.0. The summed E-state index contributed by atoms with van der Waals surface area (Å²) in [5, 5.41) is 2.75. The average Bonchev–Trinajstić information content (AvgIpc) is 2.87. The molecule has 0 aromatic heterocycles. The van der Waals surface area contributed by atoms with Crippen molar-refractivity contribution in [2.45, 2.75) is 49.5 Å². The van der Waals surface area contributed by atoms with Gasteiger partial charge < -0.3 is 19.5 Å². The van der Waals surface area contributed by atoms with Crippen molar-refractivity contribution < 1.29 is 31.8 Å². The fourth-order valence-electron chi connectivity index (χ4n) is 4.23. The number of hydrogen-bond donors (Lipinski definition) is 1. The van der Waals surface area contributed by atoms with Gasteiger partial charge in [0.25, 0.3) is 10.0 Å². The summed E-state index contributed by atoms with van der Waals surface area (Å²) in [6, 6.07) is 9.40. The molecule has 1 saturated carbocycles. The van der Waals surface area contributed by atoms with Crippen LogP contribution < -0.4 is 19.1 Å². The molecule has 0 radical (unpaired) electrons. The summed E-state index contributed by atoms with van der Waals surface area (Å²) in [6.45, 7) is 1.07. The van der Waals surface area contributed by atoms with E-state index in [1.165, 1.54) is 55.7 Å². The van der Waals surface area contributed by atoms with Crippen LogP contribution in [0.2, 0.25) is 0 Å². The highest BCUT2D eigenvalue weighted by atomic mass is 32.2. The van der Waals surface area contributed by atoms with Crippen LogP contribution in [0.25, 0.3) is 0 Å². The minimum atomic E-state index is -4.20. The standard InChI is InChI=1S/C25H31FN2O6S/c26-19-6-4-7-20(16-19)28(18-25(29)27-12-5-13-32-21-8-2-1-3-9-21)35(30,31)22-10-11-23-24(17-22)34-15-14-33-23/h4,6-7,10-11,16-17,21H,1-3,5,8-9,12-15,18H2,(H,27,29). The van der Waals surface area contributed by atoms with Gasteiger partial charge in [-0.05, 0) is 49.6 Å². The molecule has 0 atom stereocenters. The van der Waals surface area contributed by atoms with Gasteiger partial charge in [0.15, 0.2) is 11.5 Å². The van der Waals surface area contributed by atoms with Crippen molar-refractivity contribution in [3.63, 3.8) is 0 Å². The van der Waals surface area contributed by atoms with E-state index in [-0.39, 0.29) is 10.6 Å². The van der Waals surface area contributed by atoms with E-state index in [4.69, 9.17) is 14.2 Å².